The standard InChI is InChI=1S/C53H101NO5/c1-3-5-7-9-11-13-15-17-19-21-23-27-31-35-39-43-47-53(58)59-48-44-40-36-32-28-24-26-30-34-38-42-46-52(57)54-50(49-55)51(56)45-41-37-33-29-25-22-20-18-16-14-12-10-8-6-4-2/h19,21,28,32,50-51,55-56H,3-18,20,22-27,29-31,33-49H2,1-2H3,(H,54,57)/b21-19-,32-28-. The average Bonchev–Trinajstić information content (AvgIpc) is 3.24. The number of unbranched alkanes of at least 4 members (excludes halogenated alkanes) is 33. The zero-order valence-electron chi connectivity index (χ0n) is 39.5. The molecule has 0 spiro atoms. The molecule has 348 valence electrons. The van der Waals surface area contributed by atoms with E-state index in [-0.39, 0.29) is 18.5 Å². The Labute approximate surface area is 367 Å². The molecule has 0 aromatic heterocycles. The molecular weight excluding hydrogens is 731 g/mol. The van der Waals surface area contributed by atoms with Crippen molar-refractivity contribution in [3.8, 4) is 0 Å². The van der Waals surface area contributed by atoms with Crippen LogP contribution in [0.2, 0.25) is 0 Å². The highest BCUT2D eigenvalue weighted by molar-refractivity contribution is 5.76. The summed E-state index contributed by atoms with van der Waals surface area (Å²) in [4.78, 5) is 24.5. The third-order valence-corrected chi connectivity index (χ3v) is 12.0. The van der Waals surface area contributed by atoms with E-state index in [1.54, 1.807) is 0 Å². The molecule has 0 saturated heterocycles. The lowest BCUT2D eigenvalue weighted by Gasteiger charge is -2.22. The maximum Gasteiger partial charge on any atom is 0.305 e. The summed E-state index contributed by atoms with van der Waals surface area (Å²) in [6.07, 6.45) is 57.2. The second-order valence-electron chi connectivity index (χ2n) is 17.8. The number of ether oxygens (including phenoxy) is 1. The SMILES string of the molecule is CCCCCCCCC/C=C\CCCCCCCC(=O)OCCCC/C=C\CCCCCCCC(=O)NC(CO)C(O)CCCCCCCCCCCCCCCCC. The zero-order valence-corrected chi connectivity index (χ0v) is 39.5. The first kappa shape index (κ1) is 57.3. The summed E-state index contributed by atoms with van der Waals surface area (Å²) in [6, 6.07) is -0.562. The highest BCUT2D eigenvalue weighted by Gasteiger charge is 2.20. The molecule has 59 heavy (non-hydrogen) atoms. The van der Waals surface area contributed by atoms with Gasteiger partial charge in [0, 0.05) is 12.8 Å². The van der Waals surface area contributed by atoms with E-state index >= 15 is 0 Å². The summed E-state index contributed by atoms with van der Waals surface area (Å²) in [6.45, 7) is 4.87. The fourth-order valence-corrected chi connectivity index (χ4v) is 7.92. The van der Waals surface area contributed by atoms with E-state index in [2.05, 4.69) is 43.5 Å². The van der Waals surface area contributed by atoms with Crippen LogP contribution in [0.25, 0.3) is 0 Å². The van der Waals surface area contributed by atoms with E-state index in [1.165, 1.54) is 161 Å². The summed E-state index contributed by atoms with van der Waals surface area (Å²) in [7, 11) is 0. The number of hydrogen-bond donors (Lipinski definition) is 3. The molecule has 0 aliphatic carbocycles. The van der Waals surface area contributed by atoms with E-state index in [0.717, 1.165) is 83.5 Å². The number of nitrogens with one attached hydrogen (secondary N) is 1. The Kier molecular flexibility index (Phi) is 47.6. The van der Waals surface area contributed by atoms with Crippen molar-refractivity contribution in [2.24, 2.45) is 0 Å². The monoisotopic (exact) mass is 832 g/mol. The Morgan fingerprint density at radius 2 is 0.797 bits per heavy atom. The molecule has 0 rings (SSSR count). The molecule has 2 unspecified atom stereocenters. The topological polar surface area (TPSA) is 95.9 Å². The molecule has 6 nitrogen and oxygen atoms in total. The highest BCUT2D eigenvalue weighted by atomic mass is 16.5. The van der Waals surface area contributed by atoms with Crippen LogP contribution in [0.3, 0.4) is 0 Å². The van der Waals surface area contributed by atoms with Crippen LogP contribution in [-0.2, 0) is 14.3 Å². The van der Waals surface area contributed by atoms with Gasteiger partial charge < -0.3 is 20.3 Å². The van der Waals surface area contributed by atoms with E-state index < -0.39 is 12.1 Å². The lowest BCUT2D eigenvalue weighted by Crippen LogP contribution is -2.45. The molecule has 3 N–H and O–H groups in total. The number of carbonyl (C=O) groups is 2. The van der Waals surface area contributed by atoms with Crippen LogP contribution in [0.4, 0.5) is 0 Å². The van der Waals surface area contributed by atoms with Crippen LogP contribution in [0.15, 0.2) is 24.3 Å². The summed E-state index contributed by atoms with van der Waals surface area (Å²) < 4.78 is 5.44. The Morgan fingerprint density at radius 3 is 1.20 bits per heavy atom. The first-order valence-electron chi connectivity index (χ1n) is 26.1. The molecule has 1 amide bonds. The molecular formula is C53H101NO5. The molecule has 2 atom stereocenters. The van der Waals surface area contributed by atoms with Crippen molar-refractivity contribution in [3.63, 3.8) is 0 Å². The summed E-state index contributed by atoms with van der Waals surface area (Å²) in [5.74, 6) is -0.103. The van der Waals surface area contributed by atoms with Gasteiger partial charge in [-0.25, -0.2) is 0 Å². The van der Waals surface area contributed by atoms with Gasteiger partial charge in [0.15, 0.2) is 0 Å². The van der Waals surface area contributed by atoms with Gasteiger partial charge in [-0.05, 0) is 77.0 Å². The quantitative estimate of drug-likeness (QED) is 0.0322. The summed E-state index contributed by atoms with van der Waals surface area (Å²) >= 11 is 0. The van der Waals surface area contributed by atoms with Gasteiger partial charge in [0.05, 0.1) is 25.4 Å². The van der Waals surface area contributed by atoms with E-state index in [4.69, 9.17) is 4.74 Å². The summed E-state index contributed by atoms with van der Waals surface area (Å²) in [5, 5.41) is 23.2. The Morgan fingerprint density at radius 1 is 0.458 bits per heavy atom. The Bertz CT molecular complexity index is 920. The van der Waals surface area contributed by atoms with Gasteiger partial charge in [0.2, 0.25) is 5.91 Å². The van der Waals surface area contributed by atoms with Gasteiger partial charge in [-0.3, -0.25) is 9.59 Å². The van der Waals surface area contributed by atoms with Crippen LogP contribution in [0.5, 0.6) is 0 Å². The van der Waals surface area contributed by atoms with Gasteiger partial charge in [-0.2, -0.15) is 0 Å². The predicted molar refractivity (Wildman–Crippen MR) is 255 cm³/mol. The van der Waals surface area contributed by atoms with E-state index in [1.807, 2.05) is 0 Å². The number of allylic oxidation sites excluding steroid dienone is 4. The minimum atomic E-state index is -0.682. The largest absolute Gasteiger partial charge is 0.466 e. The third-order valence-electron chi connectivity index (χ3n) is 12.0. The second kappa shape index (κ2) is 49.0. The smallest absolute Gasteiger partial charge is 0.305 e. The molecule has 6 heteroatoms. The first-order chi connectivity index (χ1) is 29.0. The lowest BCUT2D eigenvalue weighted by molar-refractivity contribution is -0.143. The van der Waals surface area contributed by atoms with Crippen LogP contribution in [0.1, 0.15) is 277 Å². The lowest BCUT2D eigenvalue weighted by atomic mass is 10.0. The first-order valence-corrected chi connectivity index (χ1v) is 26.1. The number of amides is 1. The van der Waals surface area contributed by atoms with Crippen LogP contribution < -0.4 is 5.32 Å². The van der Waals surface area contributed by atoms with Gasteiger partial charge >= 0.3 is 5.97 Å². The normalized spacial score (nSPS) is 12.8. The van der Waals surface area contributed by atoms with E-state index in [0.29, 0.717) is 25.9 Å². The van der Waals surface area contributed by atoms with Crippen LogP contribution >= 0.6 is 0 Å². The number of hydrogen-bond acceptors (Lipinski definition) is 5. The fraction of sp³-hybridized carbons (Fsp3) is 0.887. The zero-order chi connectivity index (χ0) is 43.0. The van der Waals surface area contributed by atoms with Crippen LogP contribution in [-0.4, -0.2) is 47.4 Å². The number of esters is 1. The van der Waals surface area contributed by atoms with Gasteiger partial charge in [-0.15, -0.1) is 0 Å². The van der Waals surface area contributed by atoms with Crippen molar-refractivity contribution in [1.29, 1.82) is 0 Å². The Hall–Kier alpha value is -1.66. The maximum absolute atomic E-state index is 12.4. The molecule has 0 radical (unpaired) electrons. The second-order valence-corrected chi connectivity index (χ2v) is 17.8. The van der Waals surface area contributed by atoms with Crippen molar-refractivity contribution < 1.29 is 24.5 Å². The summed E-state index contributed by atoms with van der Waals surface area (Å²) in [5.41, 5.74) is 0. The molecule has 0 saturated carbocycles. The number of aliphatic hydroxyl groups is 2. The van der Waals surface area contributed by atoms with Crippen LogP contribution in [0, 0.1) is 0 Å². The Balaban J connectivity index is 3.52. The molecule has 0 bridgehead atoms. The van der Waals surface area contributed by atoms with Crippen molar-refractivity contribution in [2.45, 2.75) is 289 Å². The van der Waals surface area contributed by atoms with E-state index in [9.17, 15) is 19.8 Å². The maximum atomic E-state index is 12.4. The number of aliphatic hydroxyl groups excluding tert-OH is 2. The number of carbonyl (C=O) groups excluding carboxylic acids is 2. The number of rotatable bonds is 48. The molecule has 0 aliphatic heterocycles. The fourth-order valence-electron chi connectivity index (χ4n) is 7.92. The molecule has 0 fully saturated rings. The van der Waals surface area contributed by atoms with Crippen molar-refractivity contribution in [1.82, 2.24) is 5.32 Å². The van der Waals surface area contributed by atoms with Gasteiger partial charge in [0.1, 0.15) is 0 Å². The molecule has 0 aromatic rings. The highest BCUT2D eigenvalue weighted by Crippen LogP contribution is 2.16. The molecule has 0 heterocycles. The minimum absolute atomic E-state index is 0.0386. The van der Waals surface area contributed by atoms with Gasteiger partial charge in [0.25, 0.3) is 0 Å². The third kappa shape index (κ3) is 45.7. The average molecular weight is 832 g/mol. The van der Waals surface area contributed by atoms with Crippen molar-refractivity contribution in [2.75, 3.05) is 13.2 Å². The van der Waals surface area contributed by atoms with Gasteiger partial charge in [-0.1, -0.05) is 212 Å². The minimum Gasteiger partial charge on any atom is -0.466 e. The molecule has 0 aromatic carbocycles. The van der Waals surface area contributed by atoms with Crippen molar-refractivity contribution in [3.05, 3.63) is 24.3 Å². The predicted octanol–water partition coefficient (Wildman–Crippen LogP) is 15.5. The molecule has 0 aliphatic rings. The van der Waals surface area contributed by atoms with Crippen molar-refractivity contribution >= 4 is 11.9 Å².